The Kier molecular flexibility index (Phi) is 5.81. The number of hydrogen-bond donors (Lipinski definition) is 0. The smallest absolute Gasteiger partial charge is 0.311 e. The standard InChI is InChI=1S/C15H28O4/c1-6-8-9-15(5,7-2)13(16)17-10-12-11-18-14(3,4)19-12/h12H,6-11H2,1-5H3. The van der Waals surface area contributed by atoms with Crippen LogP contribution in [0.1, 0.15) is 60.3 Å². The second kappa shape index (κ2) is 6.71. The molecule has 0 spiro atoms. The van der Waals surface area contributed by atoms with E-state index < -0.39 is 5.79 Å². The van der Waals surface area contributed by atoms with E-state index in [0.717, 1.165) is 25.7 Å². The van der Waals surface area contributed by atoms with Crippen LogP contribution in [0.5, 0.6) is 0 Å². The number of esters is 1. The van der Waals surface area contributed by atoms with Gasteiger partial charge >= 0.3 is 5.97 Å². The molecular formula is C15H28O4. The summed E-state index contributed by atoms with van der Waals surface area (Å²) in [5, 5.41) is 0. The minimum absolute atomic E-state index is 0.114. The molecule has 0 aliphatic carbocycles. The summed E-state index contributed by atoms with van der Waals surface area (Å²) >= 11 is 0. The van der Waals surface area contributed by atoms with Crippen molar-refractivity contribution in [1.29, 1.82) is 0 Å². The van der Waals surface area contributed by atoms with Crippen molar-refractivity contribution >= 4 is 5.97 Å². The molecule has 0 aromatic carbocycles. The van der Waals surface area contributed by atoms with Gasteiger partial charge in [0.2, 0.25) is 0 Å². The van der Waals surface area contributed by atoms with Gasteiger partial charge in [0.15, 0.2) is 5.79 Å². The molecule has 1 rings (SSSR count). The molecule has 0 aromatic rings. The average Bonchev–Trinajstić information content (AvgIpc) is 2.72. The Bertz CT molecular complexity index is 301. The molecule has 4 heteroatoms. The van der Waals surface area contributed by atoms with Crippen LogP contribution in [0.4, 0.5) is 0 Å². The van der Waals surface area contributed by atoms with Crippen LogP contribution in [0.25, 0.3) is 0 Å². The maximum absolute atomic E-state index is 12.2. The first-order valence-electron chi connectivity index (χ1n) is 7.32. The van der Waals surface area contributed by atoms with Crippen LogP contribution in [0.3, 0.4) is 0 Å². The van der Waals surface area contributed by atoms with Crippen molar-refractivity contribution in [2.75, 3.05) is 13.2 Å². The average molecular weight is 272 g/mol. The summed E-state index contributed by atoms with van der Waals surface area (Å²) in [6.07, 6.45) is 3.68. The zero-order valence-corrected chi connectivity index (χ0v) is 13.0. The van der Waals surface area contributed by atoms with E-state index in [4.69, 9.17) is 14.2 Å². The van der Waals surface area contributed by atoms with Gasteiger partial charge in [0.25, 0.3) is 0 Å². The van der Waals surface area contributed by atoms with Gasteiger partial charge in [0, 0.05) is 0 Å². The lowest BCUT2D eigenvalue weighted by Crippen LogP contribution is -2.32. The van der Waals surface area contributed by atoms with E-state index in [1.165, 1.54) is 0 Å². The molecule has 0 aromatic heterocycles. The van der Waals surface area contributed by atoms with E-state index in [1.54, 1.807) is 0 Å². The molecule has 112 valence electrons. The SMILES string of the molecule is CCCCC(C)(CC)C(=O)OCC1COC(C)(C)O1. The molecular weight excluding hydrogens is 244 g/mol. The Morgan fingerprint density at radius 2 is 2.11 bits per heavy atom. The first-order chi connectivity index (χ1) is 8.83. The van der Waals surface area contributed by atoms with Crippen LogP contribution < -0.4 is 0 Å². The quantitative estimate of drug-likeness (QED) is 0.667. The molecule has 0 saturated carbocycles. The number of hydrogen-bond acceptors (Lipinski definition) is 4. The van der Waals surface area contributed by atoms with Crippen molar-refractivity contribution in [3.63, 3.8) is 0 Å². The van der Waals surface area contributed by atoms with Gasteiger partial charge in [0.05, 0.1) is 12.0 Å². The summed E-state index contributed by atoms with van der Waals surface area (Å²) in [5.41, 5.74) is -0.370. The highest BCUT2D eigenvalue weighted by molar-refractivity contribution is 5.76. The summed E-state index contributed by atoms with van der Waals surface area (Å²) in [6, 6.07) is 0. The Labute approximate surface area is 116 Å². The molecule has 1 aliphatic rings. The first-order valence-corrected chi connectivity index (χ1v) is 7.32. The molecule has 1 fully saturated rings. The molecule has 1 heterocycles. The Hall–Kier alpha value is -0.610. The van der Waals surface area contributed by atoms with E-state index in [9.17, 15) is 4.79 Å². The van der Waals surface area contributed by atoms with Crippen LogP contribution in [0.15, 0.2) is 0 Å². The molecule has 2 atom stereocenters. The van der Waals surface area contributed by atoms with Crippen LogP contribution in [0.2, 0.25) is 0 Å². The molecule has 2 unspecified atom stereocenters. The topological polar surface area (TPSA) is 44.8 Å². The van der Waals surface area contributed by atoms with Gasteiger partial charge in [-0.15, -0.1) is 0 Å². The van der Waals surface area contributed by atoms with Crippen LogP contribution in [-0.4, -0.2) is 31.1 Å². The van der Waals surface area contributed by atoms with E-state index in [-0.39, 0.29) is 24.1 Å². The molecule has 0 amide bonds. The minimum atomic E-state index is -0.562. The first kappa shape index (κ1) is 16.4. The lowest BCUT2D eigenvalue weighted by Gasteiger charge is -2.26. The zero-order valence-electron chi connectivity index (χ0n) is 13.0. The van der Waals surface area contributed by atoms with Crippen molar-refractivity contribution in [1.82, 2.24) is 0 Å². The van der Waals surface area contributed by atoms with Gasteiger partial charge in [-0.3, -0.25) is 4.79 Å². The van der Waals surface area contributed by atoms with Gasteiger partial charge in [0.1, 0.15) is 12.7 Å². The maximum Gasteiger partial charge on any atom is 0.311 e. The second-order valence-electron chi connectivity index (χ2n) is 6.07. The number of ether oxygens (including phenoxy) is 3. The predicted molar refractivity (Wildman–Crippen MR) is 73.8 cm³/mol. The molecule has 0 N–H and O–H groups in total. The zero-order chi connectivity index (χ0) is 14.5. The summed E-state index contributed by atoms with van der Waals surface area (Å²) in [6.45, 7) is 10.7. The largest absolute Gasteiger partial charge is 0.462 e. The van der Waals surface area contributed by atoms with Gasteiger partial charge in [-0.25, -0.2) is 0 Å². The van der Waals surface area contributed by atoms with Crippen molar-refractivity contribution in [2.45, 2.75) is 72.2 Å². The van der Waals surface area contributed by atoms with E-state index in [0.29, 0.717) is 6.61 Å². The van der Waals surface area contributed by atoms with Crippen LogP contribution in [-0.2, 0) is 19.0 Å². The fraction of sp³-hybridized carbons (Fsp3) is 0.933. The summed E-state index contributed by atoms with van der Waals surface area (Å²) in [4.78, 5) is 12.2. The second-order valence-corrected chi connectivity index (χ2v) is 6.07. The summed E-state index contributed by atoms with van der Waals surface area (Å²) in [5.74, 6) is -0.676. The van der Waals surface area contributed by atoms with Crippen LogP contribution in [0, 0.1) is 5.41 Å². The third kappa shape index (κ3) is 4.77. The maximum atomic E-state index is 12.2. The fourth-order valence-corrected chi connectivity index (χ4v) is 2.18. The van der Waals surface area contributed by atoms with E-state index in [1.807, 2.05) is 27.7 Å². The van der Waals surface area contributed by atoms with Gasteiger partial charge in [-0.2, -0.15) is 0 Å². The van der Waals surface area contributed by atoms with E-state index >= 15 is 0 Å². The van der Waals surface area contributed by atoms with Gasteiger partial charge in [-0.05, 0) is 33.6 Å². The minimum Gasteiger partial charge on any atom is -0.462 e. The number of carbonyl (C=O) groups excluding carboxylic acids is 1. The highest BCUT2D eigenvalue weighted by atomic mass is 16.7. The number of unbranched alkanes of at least 4 members (excludes halogenated alkanes) is 1. The Balaban J connectivity index is 2.41. The Morgan fingerprint density at radius 1 is 1.42 bits per heavy atom. The molecule has 1 aliphatic heterocycles. The number of carbonyl (C=O) groups is 1. The molecule has 19 heavy (non-hydrogen) atoms. The lowest BCUT2D eigenvalue weighted by molar-refractivity contribution is -0.166. The molecule has 0 bridgehead atoms. The predicted octanol–water partition coefficient (Wildman–Crippen LogP) is 3.29. The Morgan fingerprint density at radius 3 is 2.58 bits per heavy atom. The van der Waals surface area contributed by atoms with Crippen LogP contribution >= 0.6 is 0 Å². The summed E-state index contributed by atoms with van der Waals surface area (Å²) in [7, 11) is 0. The third-order valence-electron chi connectivity index (χ3n) is 3.82. The lowest BCUT2D eigenvalue weighted by atomic mass is 9.82. The monoisotopic (exact) mass is 272 g/mol. The molecule has 4 nitrogen and oxygen atoms in total. The van der Waals surface area contributed by atoms with Crippen molar-refractivity contribution in [3.8, 4) is 0 Å². The molecule has 0 radical (unpaired) electrons. The normalized spacial score (nSPS) is 25.0. The third-order valence-corrected chi connectivity index (χ3v) is 3.82. The van der Waals surface area contributed by atoms with Crippen molar-refractivity contribution < 1.29 is 19.0 Å². The van der Waals surface area contributed by atoms with Crippen molar-refractivity contribution in [2.24, 2.45) is 5.41 Å². The summed E-state index contributed by atoms with van der Waals surface area (Å²) < 4.78 is 16.5. The van der Waals surface area contributed by atoms with Gasteiger partial charge < -0.3 is 14.2 Å². The number of rotatable bonds is 7. The fourth-order valence-electron chi connectivity index (χ4n) is 2.18. The van der Waals surface area contributed by atoms with Gasteiger partial charge in [-0.1, -0.05) is 26.7 Å². The van der Waals surface area contributed by atoms with Crippen molar-refractivity contribution in [3.05, 3.63) is 0 Å². The van der Waals surface area contributed by atoms with E-state index in [2.05, 4.69) is 6.92 Å². The molecule has 1 saturated heterocycles. The highest BCUT2D eigenvalue weighted by Gasteiger charge is 2.36. The highest BCUT2D eigenvalue weighted by Crippen LogP contribution is 2.30.